The van der Waals surface area contributed by atoms with Crippen molar-refractivity contribution >= 4 is 51.8 Å². The Morgan fingerprint density at radius 3 is 2.46 bits per heavy atom. The number of anilines is 2. The smallest absolute Gasteiger partial charge is 0.255 e. The molecule has 56 heavy (non-hydrogen) atoms. The van der Waals surface area contributed by atoms with Gasteiger partial charge in [0.25, 0.3) is 11.5 Å². The Bertz CT molecular complexity index is 2090. The van der Waals surface area contributed by atoms with Gasteiger partial charge in [-0.15, -0.1) is 4.31 Å². The molecule has 1 saturated carbocycles. The molecule has 296 valence electrons. The fourth-order valence-electron chi connectivity index (χ4n) is 9.49. The summed E-state index contributed by atoms with van der Waals surface area (Å²) in [7, 11) is 0. The van der Waals surface area contributed by atoms with Gasteiger partial charge in [0.15, 0.2) is 5.25 Å². The van der Waals surface area contributed by atoms with Crippen molar-refractivity contribution in [1.82, 2.24) is 29.1 Å². The number of ether oxygens (including phenoxy) is 1. The predicted molar refractivity (Wildman–Crippen MR) is 212 cm³/mol. The molecule has 14 nitrogen and oxygen atoms in total. The van der Waals surface area contributed by atoms with E-state index in [4.69, 9.17) is 9.72 Å². The summed E-state index contributed by atoms with van der Waals surface area (Å²) in [4.78, 5) is 63.4. The van der Waals surface area contributed by atoms with E-state index in [1.807, 2.05) is 22.8 Å². The standard InChI is InChI=1S/C41H50N8O6S/c50-36-12-11-35(39(52)44-36)48-25-27-22-30(9-10-34(27)40(48)53)46-18-16-31(17-19-46)55-32-6-3-7-33(23-32)56(54)47-20-14-28(15-21-47)43-41-42-24-26-8-13-37(51)49(38(26)45-41)29-4-1-2-5-29/h8-10,13,22-24,28-29,31,33,35H,1-7,11-12,14-21,25H2,(H,42,43,45)(H,44,50,52). The number of hydrogen-bond donors (Lipinski definition) is 2. The average Bonchev–Trinajstić information content (AvgIpc) is 3.86. The molecular weight excluding hydrogens is 733 g/mol. The van der Waals surface area contributed by atoms with E-state index < -0.39 is 23.3 Å². The van der Waals surface area contributed by atoms with Gasteiger partial charge in [0.1, 0.15) is 17.8 Å². The Morgan fingerprint density at radius 2 is 1.68 bits per heavy atom. The second-order valence-corrected chi connectivity index (χ2v) is 17.9. The van der Waals surface area contributed by atoms with Gasteiger partial charge in [0, 0.05) is 123 Å². The summed E-state index contributed by atoms with van der Waals surface area (Å²) >= 11 is -1.14. The number of benzene rings is 1. The van der Waals surface area contributed by atoms with Crippen molar-refractivity contribution in [1.29, 1.82) is 0 Å². The van der Waals surface area contributed by atoms with Crippen LogP contribution in [-0.4, -0.2) is 95.6 Å². The number of rotatable bonds is 9. The molecule has 15 heteroatoms. The molecule has 0 radical (unpaired) electrons. The summed E-state index contributed by atoms with van der Waals surface area (Å²) in [6, 6.07) is 9.09. The van der Waals surface area contributed by atoms with Crippen molar-refractivity contribution in [3.8, 4) is 0 Å². The number of piperidine rings is 3. The molecule has 4 aliphatic heterocycles. The van der Waals surface area contributed by atoms with Gasteiger partial charge in [-0.25, -0.2) is 4.98 Å². The van der Waals surface area contributed by atoms with Crippen LogP contribution in [0.15, 0.2) is 53.2 Å². The lowest BCUT2D eigenvalue weighted by Crippen LogP contribution is -2.52. The highest BCUT2D eigenvalue weighted by Crippen LogP contribution is 2.34. The molecule has 1 aromatic carbocycles. The Balaban J connectivity index is 0.756. The normalized spacial score (nSPS) is 25.0. The van der Waals surface area contributed by atoms with Crippen molar-refractivity contribution in [2.45, 2.75) is 119 Å². The van der Waals surface area contributed by atoms with Gasteiger partial charge in [-0.1, -0.05) is 12.8 Å². The number of nitrogens with zero attached hydrogens (tertiary/aromatic N) is 6. The Kier molecular flexibility index (Phi) is 10.5. The van der Waals surface area contributed by atoms with E-state index in [2.05, 4.69) is 37.0 Å². The number of amides is 3. The van der Waals surface area contributed by atoms with E-state index in [9.17, 15) is 23.7 Å². The Hall–Kier alpha value is -4.47. The molecular formula is C41H50N8O6S. The van der Waals surface area contributed by atoms with E-state index in [0.717, 1.165) is 119 Å². The fraction of sp³-hybridized carbons (Fsp3) is 0.561. The van der Waals surface area contributed by atoms with E-state index in [1.165, 1.54) is 0 Å². The summed E-state index contributed by atoms with van der Waals surface area (Å²) in [5.74, 6) is 0.655. The highest BCUT2D eigenvalue weighted by molar-refractivity contribution is 7.89. The zero-order valence-electron chi connectivity index (χ0n) is 31.7. The average molecular weight is 783 g/mol. The maximum atomic E-state index is 13.8. The van der Waals surface area contributed by atoms with Gasteiger partial charge >= 0.3 is 0 Å². The van der Waals surface area contributed by atoms with E-state index in [-0.39, 0.29) is 47.2 Å². The SMILES string of the molecule is O=C1CCC(N2Cc3cc(N4CCC(OC5=CC([S+]([O-])N6CCC(Nc7ncc8ccc(=O)n(C9CCCC9)c8n7)CC6)CCC5)CC4)ccc3C2=O)C(=O)N1. The van der Waals surface area contributed by atoms with E-state index in [1.54, 1.807) is 17.2 Å². The molecule has 3 aromatic rings. The van der Waals surface area contributed by atoms with Crippen LogP contribution in [0.25, 0.3) is 11.0 Å². The molecule has 2 aliphatic carbocycles. The summed E-state index contributed by atoms with van der Waals surface area (Å²) in [5.41, 5.74) is 3.29. The number of carbonyl (C=O) groups is 3. The molecule has 6 heterocycles. The lowest BCUT2D eigenvalue weighted by atomic mass is 10.0. The van der Waals surface area contributed by atoms with Gasteiger partial charge in [0.2, 0.25) is 17.8 Å². The molecule has 3 unspecified atom stereocenters. The third kappa shape index (κ3) is 7.52. The third-order valence-corrected chi connectivity index (χ3v) is 14.3. The predicted octanol–water partition coefficient (Wildman–Crippen LogP) is 4.33. The van der Waals surface area contributed by atoms with Crippen molar-refractivity contribution in [2.75, 3.05) is 36.4 Å². The van der Waals surface area contributed by atoms with Gasteiger partial charge in [-0.2, -0.15) is 4.98 Å². The number of hydrogen-bond acceptors (Lipinski definition) is 11. The van der Waals surface area contributed by atoms with Crippen molar-refractivity contribution in [3.63, 3.8) is 0 Å². The second kappa shape index (κ2) is 15.8. The molecule has 0 bridgehead atoms. The number of fused-ring (bicyclic) bond motifs is 2. The molecule has 3 saturated heterocycles. The fourth-order valence-corrected chi connectivity index (χ4v) is 11.1. The summed E-state index contributed by atoms with van der Waals surface area (Å²) in [6.45, 7) is 3.45. The van der Waals surface area contributed by atoms with Gasteiger partial charge in [0.05, 0.1) is 5.76 Å². The van der Waals surface area contributed by atoms with Crippen LogP contribution in [0, 0.1) is 0 Å². The summed E-state index contributed by atoms with van der Waals surface area (Å²) in [5, 5.41) is 6.69. The number of imide groups is 1. The van der Waals surface area contributed by atoms with E-state index >= 15 is 0 Å². The monoisotopic (exact) mass is 782 g/mol. The molecule has 3 amide bonds. The first-order chi connectivity index (χ1) is 27.3. The topological polar surface area (TPSA) is 165 Å². The first kappa shape index (κ1) is 37.1. The summed E-state index contributed by atoms with van der Waals surface area (Å²) < 4.78 is 24.4. The van der Waals surface area contributed by atoms with Crippen LogP contribution in [0.3, 0.4) is 0 Å². The quantitative estimate of drug-likeness (QED) is 0.235. The van der Waals surface area contributed by atoms with Crippen LogP contribution >= 0.6 is 0 Å². The molecule has 2 aromatic heterocycles. The zero-order valence-corrected chi connectivity index (χ0v) is 32.5. The minimum atomic E-state index is -1.14. The van der Waals surface area contributed by atoms with Crippen LogP contribution in [0.2, 0.25) is 0 Å². The van der Waals surface area contributed by atoms with Crippen LogP contribution in [0.5, 0.6) is 0 Å². The highest BCUT2D eigenvalue weighted by Gasteiger charge is 2.40. The number of carbonyl (C=O) groups excluding carboxylic acids is 3. The first-order valence-electron chi connectivity index (χ1n) is 20.5. The number of aromatic nitrogens is 3. The number of pyridine rings is 1. The van der Waals surface area contributed by atoms with Crippen LogP contribution in [0.1, 0.15) is 105 Å². The minimum absolute atomic E-state index is 0.00405. The van der Waals surface area contributed by atoms with Crippen LogP contribution < -0.4 is 21.1 Å². The lowest BCUT2D eigenvalue weighted by Gasteiger charge is -2.37. The minimum Gasteiger partial charge on any atom is -0.597 e. The molecule has 9 rings (SSSR count). The van der Waals surface area contributed by atoms with Crippen LogP contribution in [0.4, 0.5) is 11.6 Å². The zero-order chi connectivity index (χ0) is 38.3. The maximum absolute atomic E-state index is 13.8. The molecule has 3 atom stereocenters. The van der Waals surface area contributed by atoms with Gasteiger partial charge in [-0.05, 0) is 68.4 Å². The van der Waals surface area contributed by atoms with E-state index in [0.29, 0.717) is 30.1 Å². The van der Waals surface area contributed by atoms with Crippen molar-refractivity contribution < 1.29 is 23.7 Å². The Morgan fingerprint density at radius 1 is 0.875 bits per heavy atom. The maximum Gasteiger partial charge on any atom is 0.255 e. The summed E-state index contributed by atoms with van der Waals surface area (Å²) in [6.07, 6.45) is 15.0. The van der Waals surface area contributed by atoms with Crippen molar-refractivity contribution in [2.24, 2.45) is 0 Å². The lowest BCUT2D eigenvalue weighted by molar-refractivity contribution is -0.136. The number of nitrogens with one attached hydrogen (secondary N) is 2. The molecule has 2 N–H and O–H groups in total. The van der Waals surface area contributed by atoms with Crippen molar-refractivity contribution in [3.05, 3.63) is 69.8 Å². The highest BCUT2D eigenvalue weighted by atomic mass is 32.2. The first-order valence-corrected chi connectivity index (χ1v) is 21.6. The van der Waals surface area contributed by atoms with Gasteiger partial charge in [-0.3, -0.25) is 29.1 Å². The Labute approximate surface area is 329 Å². The molecule has 4 fully saturated rings. The second-order valence-electron chi connectivity index (χ2n) is 16.2. The largest absolute Gasteiger partial charge is 0.597 e. The van der Waals surface area contributed by atoms with Gasteiger partial charge < -0.3 is 24.4 Å². The molecule has 6 aliphatic rings. The number of allylic oxidation sites excluding steroid dienone is 1. The molecule has 0 spiro atoms. The van der Waals surface area contributed by atoms with Crippen LogP contribution in [-0.2, 0) is 32.2 Å². The third-order valence-electron chi connectivity index (χ3n) is 12.6.